The van der Waals surface area contributed by atoms with Crippen LogP contribution in [-0.4, -0.2) is 56.6 Å². The van der Waals surface area contributed by atoms with Gasteiger partial charge in [-0.3, -0.25) is 4.79 Å². The Balaban J connectivity index is 1.40. The second-order valence-electron chi connectivity index (χ2n) is 8.59. The Bertz CT molecular complexity index is 572. The zero-order valence-corrected chi connectivity index (χ0v) is 14.5. The molecule has 0 amide bonds. The first-order valence-electron chi connectivity index (χ1n) is 9.55. The molecular weight excluding hydrogens is 306 g/mol. The van der Waals surface area contributed by atoms with Crippen LogP contribution in [0.2, 0.25) is 0 Å². The summed E-state index contributed by atoms with van der Waals surface area (Å²) in [6, 6.07) is 0. The van der Waals surface area contributed by atoms with Gasteiger partial charge in [0.05, 0.1) is 31.5 Å². The van der Waals surface area contributed by atoms with Crippen molar-refractivity contribution in [1.82, 2.24) is 0 Å². The van der Waals surface area contributed by atoms with Crippen molar-refractivity contribution in [2.45, 2.75) is 44.0 Å². The number of fused-ring (bicyclic) bond motifs is 5. The van der Waals surface area contributed by atoms with Gasteiger partial charge in [-0.2, -0.15) is 0 Å². The van der Waals surface area contributed by atoms with Gasteiger partial charge in [0.2, 0.25) is 0 Å². The topological polar surface area (TPSA) is 52.5 Å². The summed E-state index contributed by atoms with van der Waals surface area (Å²) in [5.41, 5.74) is 1.28. The molecule has 1 N–H and O–H groups in total. The maximum atomic E-state index is 12.7. The predicted octanol–water partition coefficient (Wildman–Crippen LogP) is 0.203. The number of ether oxygens (including phenoxy) is 3. The SMILES string of the molecule is C=C1CC[C@@H]2[C@H](OC(=O)[C@H]2C[NH+]2CCOCC2)[C@@H]2[C@H]1C[C@H]1O[C@@]21C. The quantitative estimate of drug-likeness (QED) is 0.445. The number of rotatable bonds is 2. The normalized spacial score (nSPS) is 50.7. The molecule has 5 fully saturated rings. The number of carbonyl (C=O) groups excluding carboxylic acids is 1. The second-order valence-corrected chi connectivity index (χ2v) is 8.59. The molecule has 3 aliphatic heterocycles. The number of epoxide rings is 1. The van der Waals surface area contributed by atoms with Crippen LogP contribution >= 0.6 is 0 Å². The lowest BCUT2D eigenvalue weighted by atomic mass is 9.77. The van der Waals surface area contributed by atoms with Crippen molar-refractivity contribution in [1.29, 1.82) is 0 Å². The van der Waals surface area contributed by atoms with Crippen molar-refractivity contribution < 1.29 is 23.9 Å². The number of esters is 1. The van der Waals surface area contributed by atoms with Crippen LogP contribution in [0.4, 0.5) is 0 Å². The summed E-state index contributed by atoms with van der Waals surface area (Å²) < 4.78 is 17.5. The molecular formula is C19H28NO4+. The van der Waals surface area contributed by atoms with E-state index in [-0.39, 0.29) is 23.6 Å². The molecule has 5 nitrogen and oxygen atoms in total. The van der Waals surface area contributed by atoms with Crippen LogP contribution in [0.3, 0.4) is 0 Å². The van der Waals surface area contributed by atoms with Gasteiger partial charge in [-0.1, -0.05) is 12.2 Å². The Morgan fingerprint density at radius 3 is 2.92 bits per heavy atom. The smallest absolute Gasteiger partial charge is 0.315 e. The monoisotopic (exact) mass is 334 g/mol. The molecule has 2 saturated carbocycles. The zero-order chi connectivity index (χ0) is 16.5. The number of morpholine rings is 1. The third-order valence-electron chi connectivity index (χ3n) is 7.42. The van der Waals surface area contributed by atoms with E-state index in [1.54, 1.807) is 0 Å². The highest BCUT2D eigenvalue weighted by atomic mass is 16.6. The van der Waals surface area contributed by atoms with Crippen LogP contribution in [0.1, 0.15) is 26.2 Å². The fourth-order valence-corrected chi connectivity index (χ4v) is 5.97. The summed E-state index contributed by atoms with van der Waals surface area (Å²) >= 11 is 0. The van der Waals surface area contributed by atoms with E-state index in [0.717, 1.165) is 52.1 Å². The molecule has 0 unspecified atom stereocenters. The highest BCUT2D eigenvalue weighted by Crippen LogP contribution is 2.63. The molecule has 0 aromatic carbocycles. The predicted molar refractivity (Wildman–Crippen MR) is 86.5 cm³/mol. The van der Waals surface area contributed by atoms with E-state index in [0.29, 0.717) is 23.9 Å². The van der Waals surface area contributed by atoms with Crippen LogP contribution in [0.15, 0.2) is 12.2 Å². The van der Waals surface area contributed by atoms with Gasteiger partial charge < -0.3 is 19.1 Å². The molecule has 132 valence electrons. The van der Waals surface area contributed by atoms with Crippen LogP contribution in [0.5, 0.6) is 0 Å². The van der Waals surface area contributed by atoms with Crippen molar-refractivity contribution in [3.05, 3.63) is 12.2 Å². The number of quaternary nitrogens is 1. The van der Waals surface area contributed by atoms with E-state index in [9.17, 15) is 4.79 Å². The molecule has 5 heteroatoms. The molecule has 3 saturated heterocycles. The number of carbonyl (C=O) groups is 1. The maximum absolute atomic E-state index is 12.7. The summed E-state index contributed by atoms with van der Waals surface area (Å²) in [4.78, 5) is 14.2. The van der Waals surface area contributed by atoms with Crippen molar-refractivity contribution in [2.75, 3.05) is 32.8 Å². The van der Waals surface area contributed by atoms with Crippen molar-refractivity contribution >= 4 is 5.97 Å². The molecule has 0 bridgehead atoms. The van der Waals surface area contributed by atoms with Gasteiger partial charge in [0, 0.05) is 11.8 Å². The van der Waals surface area contributed by atoms with Gasteiger partial charge in [-0.15, -0.1) is 0 Å². The molecule has 2 aliphatic carbocycles. The van der Waals surface area contributed by atoms with Crippen LogP contribution in [0, 0.1) is 23.7 Å². The maximum Gasteiger partial charge on any atom is 0.315 e. The largest absolute Gasteiger partial charge is 0.461 e. The van der Waals surface area contributed by atoms with Crippen LogP contribution in [-0.2, 0) is 19.0 Å². The third kappa shape index (κ3) is 2.14. The summed E-state index contributed by atoms with van der Waals surface area (Å²) in [7, 11) is 0. The molecule has 0 aromatic rings. The fourth-order valence-electron chi connectivity index (χ4n) is 5.97. The minimum atomic E-state index is -0.0815. The van der Waals surface area contributed by atoms with Gasteiger partial charge >= 0.3 is 5.97 Å². The average molecular weight is 334 g/mol. The van der Waals surface area contributed by atoms with Crippen LogP contribution < -0.4 is 4.90 Å². The average Bonchev–Trinajstić information content (AvgIpc) is 3.05. The van der Waals surface area contributed by atoms with E-state index < -0.39 is 0 Å². The lowest BCUT2D eigenvalue weighted by molar-refractivity contribution is -0.910. The first-order valence-corrected chi connectivity index (χ1v) is 9.55. The molecule has 24 heavy (non-hydrogen) atoms. The van der Waals surface area contributed by atoms with Crippen LogP contribution in [0.25, 0.3) is 0 Å². The Labute approximate surface area is 143 Å². The first-order chi connectivity index (χ1) is 11.6. The van der Waals surface area contributed by atoms with E-state index >= 15 is 0 Å². The summed E-state index contributed by atoms with van der Waals surface area (Å²) in [5, 5.41) is 0. The van der Waals surface area contributed by atoms with E-state index in [2.05, 4.69) is 13.5 Å². The van der Waals surface area contributed by atoms with Gasteiger partial charge in [0.1, 0.15) is 25.1 Å². The van der Waals surface area contributed by atoms with Crippen molar-refractivity contribution in [2.24, 2.45) is 23.7 Å². The highest BCUT2D eigenvalue weighted by molar-refractivity contribution is 5.75. The Kier molecular flexibility index (Phi) is 3.39. The molecule has 5 aliphatic rings. The fraction of sp³-hybridized carbons (Fsp3) is 0.842. The molecule has 0 spiro atoms. The minimum absolute atomic E-state index is 0.0305. The van der Waals surface area contributed by atoms with E-state index in [4.69, 9.17) is 14.2 Å². The van der Waals surface area contributed by atoms with Gasteiger partial charge in [0.25, 0.3) is 0 Å². The lowest BCUT2D eigenvalue weighted by Crippen LogP contribution is -3.14. The van der Waals surface area contributed by atoms with Crippen molar-refractivity contribution in [3.63, 3.8) is 0 Å². The number of nitrogens with one attached hydrogen (secondary N) is 1. The summed E-state index contributed by atoms with van der Waals surface area (Å²) in [6.45, 7) is 11.1. The molecule has 7 atom stereocenters. The first kappa shape index (κ1) is 15.4. The summed E-state index contributed by atoms with van der Waals surface area (Å²) in [5.74, 6) is 1.19. The highest BCUT2D eigenvalue weighted by Gasteiger charge is 2.71. The van der Waals surface area contributed by atoms with Gasteiger partial charge in [0.15, 0.2) is 0 Å². The minimum Gasteiger partial charge on any atom is -0.461 e. The zero-order valence-electron chi connectivity index (χ0n) is 14.5. The number of allylic oxidation sites excluding steroid dienone is 1. The third-order valence-corrected chi connectivity index (χ3v) is 7.42. The number of hydrogen-bond donors (Lipinski definition) is 1. The molecule has 5 rings (SSSR count). The standard InChI is InChI=1S/C19H27NO4/c1-11-3-4-12-14(10-20-5-7-22-8-6-20)18(21)23-17(12)16-13(11)9-15-19(16,2)24-15/h12-17H,1,3-10H2,2H3/p+1/t12-,13-,14-,15+,16-,17-,19+/m0/s1. The Morgan fingerprint density at radius 1 is 1.33 bits per heavy atom. The summed E-state index contributed by atoms with van der Waals surface area (Å²) in [6.07, 6.45) is 3.53. The van der Waals surface area contributed by atoms with Gasteiger partial charge in [-0.05, 0) is 32.1 Å². The lowest BCUT2D eigenvalue weighted by Gasteiger charge is -2.31. The molecule has 0 aromatic heterocycles. The number of hydrogen-bond acceptors (Lipinski definition) is 4. The van der Waals surface area contributed by atoms with E-state index in [1.165, 1.54) is 10.5 Å². The molecule has 3 heterocycles. The van der Waals surface area contributed by atoms with Gasteiger partial charge in [-0.25, -0.2) is 0 Å². The Hall–Kier alpha value is -0.910. The van der Waals surface area contributed by atoms with Crippen molar-refractivity contribution in [3.8, 4) is 0 Å². The molecule has 0 radical (unpaired) electrons. The van der Waals surface area contributed by atoms with E-state index in [1.807, 2.05) is 0 Å². The second kappa shape index (κ2) is 5.29. The Morgan fingerprint density at radius 2 is 2.12 bits per heavy atom.